The van der Waals surface area contributed by atoms with Gasteiger partial charge < -0.3 is 15.0 Å². The summed E-state index contributed by atoms with van der Waals surface area (Å²) in [7, 11) is 0. The van der Waals surface area contributed by atoms with Crippen molar-refractivity contribution in [2.75, 3.05) is 31.6 Å². The van der Waals surface area contributed by atoms with Crippen molar-refractivity contribution in [2.24, 2.45) is 0 Å². The Morgan fingerprint density at radius 2 is 2.00 bits per heavy atom. The van der Waals surface area contributed by atoms with Gasteiger partial charge in [0.25, 0.3) is 0 Å². The molecule has 0 amide bonds. The SMILES string of the molecule is CCOC(=O)C(CCN1CCCC1)Nc1ccccc1. The molecule has 0 aliphatic carbocycles. The Morgan fingerprint density at radius 3 is 2.65 bits per heavy atom. The largest absolute Gasteiger partial charge is 0.464 e. The molecule has 0 aromatic heterocycles. The Bertz CT molecular complexity index is 402. The minimum Gasteiger partial charge on any atom is -0.464 e. The van der Waals surface area contributed by atoms with E-state index in [0.29, 0.717) is 6.61 Å². The van der Waals surface area contributed by atoms with Gasteiger partial charge >= 0.3 is 5.97 Å². The van der Waals surface area contributed by atoms with Gasteiger partial charge in [-0.2, -0.15) is 0 Å². The minimum atomic E-state index is -0.266. The number of carbonyl (C=O) groups excluding carboxylic acids is 1. The standard InChI is InChI=1S/C16H24N2O2/c1-2-20-16(19)15(10-13-18-11-6-7-12-18)17-14-8-4-3-5-9-14/h3-5,8-9,15,17H,2,6-7,10-13H2,1H3. The summed E-state index contributed by atoms with van der Waals surface area (Å²) >= 11 is 0. The summed E-state index contributed by atoms with van der Waals surface area (Å²) < 4.78 is 5.17. The predicted molar refractivity (Wildman–Crippen MR) is 80.8 cm³/mol. The zero-order valence-corrected chi connectivity index (χ0v) is 12.2. The van der Waals surface area contributed by atoms with Crippen molar-refractivity contribution < 1.29 is 9.53 Å². The first kappa shape index (κ1) is 14.9. The van der Waals surface area contributed by atoms with Gasteiger partial charge in [-0.1, -0.05) is 18.2 Å². The van der Waals surface area contributed by atoms with Crippen LogP contribution in [0.4, 0.5) is 5.69 Å². The summed E-state index contributed by atoms with van der Waals surface area (Å²) in [5.41, 5.74) is 0.965. The Morgan fingerprint density at radius 1 is 1.30 bits per heavy atom. The molecule has 0 radical (unpaired) electrons. The number of nitrogens with one attached hydrogen (secondary N) is 1. The van der Waals surface area contributed by atoms with Crippen molar-refractivity contribution in [1.82, 2.24) is 4.90 Å². The highest BCUT2D eigenvalue weighted by Gasteiger charge is 2.21. The molecule has 0 bridgehead atoms. The fourth-order valence-electron chi connectivity index (χ4n) is 2.55. The molecule has 4 nitrogen and oxygen atoms in total. The van der Waals surface area contributed by atoms with Crippen molar-refractivity contribution in [3.63, 3.8) is 0 Å². The average molecular weight is 276 g/mol. The second-order valence-electron chi connectivity index (χ2n) is 5.15. The topological polar surface area (TPSA) is 41.6 Å². The molecule has 110 valence electrons. The van der Waals surface area contributed by atoms with Crippen LogP contribution in [0, 0.1) is 0 Å². The third kappa shape index (κ3) is 4.53. The molecule has 1 saturated heterocycles. The van der Waals surface area contributed by atoms with Crippen LogP contribution in [0.1, 0.15) is 26.2 Å². The maximum absolute atomic E-state index is 12.0. The molecule has 0 saturated carbocycles. The van der Waals surface area contributed by atoms with Gasteiger partial charge in [-0.05, 0) is 51.4 Å². The smallest absolute Gasteiger partial charge is 0.328 e. The van der Waals surface area contributed by atoms with Crippen LogP contribution in [0.2, 0.25) is 0 Å². The summed E-state index contributed by atoms with van der Waals surface area (Å²) in [6.45, 7) is 5.53. The van der Waals surface area contributed by atoms with Crippen molar-refractivity contribution in [1.29, 1.82) is 0 Å². The maximum atomic E-state index is 12.0. The Balaban J connectivity index is 1.91. The van der Waals surface area contributed by atoms with Crippen molar-refractivity contribution >= 4 is 11.7 Å². The monoisotopic (exact) mass is 276 g/mol. The quantitative estimate of drug-likeness (QED) is 0.777. The van der Waals surface area contributed by atoms with Gasteiger partial charge in [-0.25, -0.2) is 4.79 Å². The predicted octanol–water partition coefficient (Wildman–Crippen LogP) is 2.52. The number of anilines is 1. The number of hydrogen-bond acceptors (Lipinski definition) is 4. The first-order valence-corrected chi connectivity index (χ1v) is 7.50. The number of ether oxygens (including phenoxy) is 1. The van der Waals surface area contributed by atoms with Gasteiger partial charge in [0.05, 0.1) is 6.61 Å². The average Bonchev–Trinajstić information content (AvgIpc) is 2.98. The molecule has 20 heavy (non-hydrogen) atoms. The second-order valence-corrected chi connectivity index (χ2v) is 5.15. The fourth-order valence-corrected chi connectivity index (χ4v) is 2.55. The number of nitrogens with zero attached hydrogens (tertiary/aromatic N) is 1. The van der Waals surface area contributed by atoms with E-state index in [-0.39, 0.29) is 12.0 Å². The lowest BCUT2D eigenvalue weighted by Gasteiger charge is -2.21. The van der Waals surface area contributed by atoms with E-state index in [1.165, 1.54) is 12.8 Å². The van der Waals surface area contributed by atoms with Crippen LogP contribution in [-0.4, -0.2) is 43.2 Å². The third-order valence-corrected chi connectivity index (χ3v) is 3.62. The molecule has 1 N–H and O–H groups in total. The van der Waals surface area contributed by atoms with E-state index >= 15 is 0 Å². The number of esters is 1. The van der Waals surface area contributed by atoms with E-state index in [1.807, 2.05) is 37.3 Å². The van der Waals surface area contributed by atoms with Crippen LogP contribution >= 0.6 is 0 Å². The van der Waals surface area contributed by atoms with Crippen LogP contribution in [0.15, 0.2) is 30.3 Å². The highest BCUT2D eigenvalue weighted by molar-refractivity contribution is 5.79. The molecule has 0 spiro atoms. The zero-order valence-electron chi connectivity index (χ0n) is 12.2. The van der Waals surface area contributed by atoms with Crippen molar-refractivity contribution in [2.45, 2.75) is 32.2 Å². The number of benzene rings is 1. The van der Waals surface area contributed by atoms with Crippen molar-refractivity contribution in [3.8, 4) is 0 Å². The lowest BCUT2D eigenvalue weighted by molar-refractivity contribution is -0.144. The molecule has 1 fully saturated rings. The van der Waals surface area contributed by atoms with Gasteiger partial charge in [-0.3, -0.25) is 0 Å². The molecule has 1 aliphatic heterocycles. The number of para-hydroxylation sites is 1. The first-order chi connectivity index (χ1) is 9.79. The van der Waals surface area contributed by atoms with E-state index in [0.717, 1.165) is 31.7 Å². The van der Waals surface area contributed by atoms with E-state index in [4.69, 9.17) is 4.74 Å². The van der Waals surface area contributed by atoms with Gasteiger partial charge in [-0.15, -0.1) is 0 Å². The highest BCUT2D eigenvalue weighted by Crippen LogP contribution is 2.13. The molecule has 1 unspecified atom stereocenters. The third-order valence-electron chi connectivity index (χ3n) is 3.62. The molecule has 1 aromatic carbocycles. The fraction of sp³-hybridized carbons (Fsp3) is 0.562. The van der Waals surface area contributed by atoms with Crippen LogP contribution in [0.5, 0.6) is 0 Å². The van der Waals surface area contributed by atoms with Gasteiger partial charge in [0.15, 0.2) is 0 Å². The molecule has 1 atom stereocenters. The molecule has 1 aromatic rings. The highest BCUT2D eigenvalue weighted by atomic mass is 16.5. The van der Waals surface area contributed by atoms with Gasteiger partial charge in [0, 0.05) is 12.2 Å². The molecule has 1 aliphatic rings. The van der Waals surface area contributed by atoms with Crippen LogP contribution in [0.25, 0.3) is 0 Å². The lowest BCUT2D eigenvalue weighted by Crippen LogP contribution is -2.35. The van der Waals surface area contributed by atoms with E-state index in [1.54, 1.807) is 0 Å². The summed E-state index contributed by atoms with van der Waals surface area (Å²) in [6.07, 6.45) is 3.33. The molecule has 1 heterocycles. The van der Waals surface area contributed by atoms with Gasteiger partial charge in [0.1, 0.15) is 6.04 Å². The van der Waals surface area contributed by atoms with E-state index in [2.05, 4.69) is 10.2 Å². The Kier molecular flexibility index (Phi) is 5.87. The van der Waals surface area contributed by atoms with Crippen LogP contribution in [0.3, 0.4) is 0 Å². The Hall–Kier alpha value is -1.55. The summed E-state index contributed by atoms with van der Waals surface area (Å²) in [4.78, 5) is 14.5. The number of likely N-dealkylation sites (tertiary alicyclic amines) is 1. The van der Waals surface area contributed by atoms with Gasteiger partial charge in [0.2, 0.25) is 0 Å². The normalized spacial score (nSPS) is 16.9. The zero-order chi connectivity index (χ0) is 14.2. The first-order valence-electron chi connectivity index (χ1n) is 7.50. The molecule has 2 rings (SSSR count). The lowest BCUT2D eigenvalue weighted by atomic mass is 10.2. The number of carbonyl (C=O) groups is 1. The number of hydrogen-bond donors (Lipinski definition) is 1. The number of rotatable bonds is 7. The Labute approximate surface area is 121 Å². The maximum Gasteiger partial charge on any atom is 0.328 e. The van der Waals surface area contributed by atoms with Crippen molar-refractivity contribution in [3.05, 3.63) is 30.3 Å². The molecular weight excluding hydrogens is 252 g/mol. The van der Waals surface area contributed by atoms with E-state index < -0.39 is 0 Å². The summed E-state index contributed by atoms with van der Waals surface area (Å²) in [5.74, 6) is -0.157. The van der Waals surface area contributed by atoms with Crippen LogP contribution < -0.4 is 5.32 Å². The van der Waals surface area contributed by atoms with Crippen LogP contribution in [-0.2, 0) is 9.53 Å². The van der Waals surface area contributed by atoms with E-state index in [9.17, 15) is 4.79 Å². The summed E-state index contributed by atoms with van der Waals surface area (Å²) in [5, 5.41) is 3.29. The minimum absolute atomic E-state index is 0.157. The summed E-state index contributed by atoms with van der Waals surface area (Å²) in [6, 6.07) is 9.58. The molecular formula is C16H24N2O2. The molecule has 4 heteroatoms. The second kappa shape index (κ2) is 7.90.